The maximum atomic E-state index is 12.2. The Balaban J connectivity index is 2.04. The number of halogens is 1. The van der Waals surface area contributed by atoms with Gasteiger partial charge in [-0.25, -0.2) is 0 Å². The van der Waals surface area contributed by atoms with Crippen LogP contribution in [0.25, 0.3) is 0 Å². The topological polar surface area (TPSA) is 38.3 Å². The van der Waals surface area contributed by atoms with Gasteiger partial charge in [0.15, 0.2) is 6.61 Å². The van der Waals surface area contributed by atoms with E-state index in [9.17, 15) is 4.79 Å². The maximum Gasteiger partial charge on any atom is 0.262 e. The summed E-state index contributed by atoms with van der Waals surface area (Å²) >= 11 is 3.54. The molecule has 134 valence electrons. The van der Waals surface area contributed by atoms with Crippen LogP contribution in [0.5, 0.6) is 5.75 Å². The maximum absolute atomic E-state index is 12.2. The van der Waals surface area contributed by atoms with E-state index in [0.29, 0.717) is 0 Å². The highest BCUT2D eigenvalue weighted by Gasteiger charge is 2.16. The van der Waals surface area contributed by atoms with Crippen molar-refractivity contribution in [3.05, 3.63) is 57.1 Å². The highest BCUT2D eigenvalue weighted by Crippen LogP contribution is 2.30. The van der Waals surface area contributed by atoms with Crippen LogP contribution in [0.2, 0.25) is 0 Å². The molecule has 2 rings (SSSR count). The van der Waals surface area contributed by atoms with Crippen LogP contribution in [0, 0.1) is 20.8 Å². The highest BCUT2D eigenvalue weighted by atomic mass is 79.9. The summed E-state index contributed by atoms with van der Waals surface area (Å²) in [5.41, 5.74) is 5.37. The molecule has 0 aliphatic carbocycles. The predicted molar refractivity (Wildman–Crippen MR) is 108 cm³/mol. The van der Waals surface area contributed by atoms with Crippen molar-refractivity contribution in [1.82, 2.24) is 0 Å². The first-order valence-electron chi connectivity index (χ1n) is 8.38. The number of rotatable bonds is 4. The van der Waals surface area contributed by atoms with Gasteiger partial charge in [-0.15, -0.1) is 0 Å². The number of hydrogen-bond acceptors (Lipinski definition) is 2. The molecule has 1 N–H and O–H groups in total. The molecule has 0 fully saturated rings. The van der Waals surface area contributed by atoms with Crippen molar-refractivity contribution in [3.8, 4) is 5.75 Å². The lowest BCUT2D eigenvalue weighted by Gasteiger charge is -2.20. The van der Waals surface area contributed by atoms with Crippen molar-refractivity contribution in [2.45, 2.75) is 47.0 Å². The number of carbonyl (C=O) groups is 1. The number of aryl methyl sites for hydroxylation is 2. The van der Waals surface area contributed by atoms with Gasteiger partial charge < -0.3 is 10.1 Å². The lowest BCUT2D eigenvalue weighted by molar-refractivity contribution is -0.118. The van der Waals surface area contributed by atoms with Gasteiger partial charge in [-0.1, -0.05) is 32.9 Å². The van der Waals surface area contributed by atoms with Crippen LogP contribution in [0.15, 0.2) is 34.8 Å². The van der Waals surface area contributed by atoms with Crippen molar-refractivity contribution >= 4 is 27.5 Å². The summed E-state index contributed by atoms with van der Waals surface area (Å²) in [6.45, 7) is 12.5. The number of nitrogens with one attached hydrogen (secondary N) is 1. The van der Waals surface area contributed by atoms with Gasteiger partial charge >= 0.3 is 0 Å². The second-order valence-corrected chi connectivity index (χ2v) is 8.34. The van der Waals surface area contributed by atoms with Crippen molar-refractivity contribution in [3.63, 3.8) is 0 Å². The van der Waals surface area contributed by atoms with Crippen molar-refractivity contribution in [1.29, 1.82) is 0 Å². The molecule has 0 spiro atoms. The van der Waals surface area contributed by atoms with Crippen LogP contribution in [0.1, 0.15) is 43.0 Å². The Bertz CT molecular complexity index is 791. The van der Waals surface area contributed by atoms with Gasteiger partial charge in [-0.05, 0) is 82.6 Å². The summed E-state index contributed by atoms with van der Waals surface area (Å²) in [5.74, 6) is 0.581. The fourth-order valence-electron chi connectivity index (χ4n) is 2.56. The normalized spacial score (nSPS) is 11.3. The van der Waals surface area contributed by atoms with E-state index in [-0.39, 0.29) is 17.9 Å². The molecule has 0 unspecified atom stereocenters. The minimum Gasteiger partial charge on any atom is -0.483 e. The van der Waals surface area contributed by atoms with E-state index < -0.39 is 0 Å². The van der Waals surface area contributed by atoms with Crippen LogP contribution in [0.4, 0.5) is 5.69 Å². The van der Waals surface area contributed by atoms with Crippen molar-refractivity contribution in [2.24, 2.45) is 0 Å². The van der Waals surface area contributed by atoms with Gasteiger partial charge in [0.1, 0.15) is 5.75 Å². The summed E-state index contributed by atoms with van der Waals surface area (Å²) in [4.78, 5) is 12.2. The molecule has 0 atom stereocenters. The number of carbonyl (C=O) groups excluding carboxylic acids is 1. The Kier molecular flexibility index (Phi) is 5.94. The van der Waals surface area contributed by atoms with Crippen LogP contribution in [0.3, 0.4) is 0 Å². The summed E-state index contributed by atoms with van der Waals surface area (Å²) < 4.78 is 6.59. The fraction of sp³-hybridized carbons (Fsp3) is 0.381. The zero-order valence-electron chi connectivity index (χ0n) is 15.8. The number of anilines is 1. The van der Waals surface area contributed by atoms with Gasteiger partial charge in [0, 0.05) is 4.47 Å². The molecular weight excluding hydrogens is 378 g/mol. The fourth-order valence-corrected chi connectivity index (χ4v) is 3.04. The van der Waals surface area contributed by atoms with E-state index in [4.69, 9.17) is 4.74 Å². The summed E-state index contributed by atoms with van der Waals surface area (Å²) in [6.07, 6.45) is 0. The van der Waals surface area contributed by atoms with Gasteiger partial charge in [0.25, 0.3) is 5.91 Å². The zero-order chi connectivity index (χ0) is 18.8. The van der Waals surface area contributed by atoms with Gasteiger partial charge in [0.2, 0.25) is 0 Å². The van der Waals surface area contributed by atoms with E-state index in [1.54, 1.807) is 0 Å². The molecule has 0 aliphatic heterocycles. The number of benzene rings is 2. The molecule has 0 bridgehead atoms. The number of hydrogen-bond donors (Lipinski definition) is 1. The molecule has 0 aromatic heterocycles. The quantitative estimate of drug-likeness (QED) is 0.711. The molecular formula is C21H26BrNO2. The van der Waals surface area contributed by atoms with E-state index in [1.165, 1.54) is 5.56 Å². The summed E-state index contributed by atoms with van der Waals surface area (Å²) in [7, 11) is 0. The first-order chi connectivity index (χ1) is 11.6. The third-order valence-electron chi connectivity index (χ3n) is 4.23. The zero-order valence-corrected chi connectivity index (χ0v) is 17.4. The molecule has 1 amide bonds. The Hall–Kier alpha value is -1.81. The highest BCUT2D eigenvalue weighted by molar-refractivity contribution is 9.10. The van der Waals surface area contributed by atoms with Crippen LogP contribution < -0.4 is 10.1 Å². The van der Waals surface area contributed by atoms with Crippen LogP contribution in [-0.4, -0.2) is 12.5 Å². The lowest BCUT2D eigenvalue weighted by atomic mass is 9.87. The molecule has 0 saturated carbocycles. The average Bonchev–Trinajstić information content (AvgIpc) is 2.50. The molecule has 4 heteroatoms. The van der Waals surface area contributed by atoms with Gasteiger partial charge in [-0.2, -0.15) is 0 Å². The minimum atomic E-state index is -0.178. The molecule has 2 aromatic rings. The molecule has 3 nitrogen and oxygen atoms in total. The third-order valence-corrected chi connectivity index (χ3v) is 4.89. The number of amides is 1. The Morgan fingerprint density at radius 3 is 2.40 bits per heavy atom. The Morgan fingerprint density at radius 1 is 1.12 bits per heavy atom. The molecule has 0 saturated heterocycles. The standard InChI is InChI=1S/C21H26BrNO2/c1-13-9-14(2)15(3)19(10-13)25-12-20(24)23-18-8-7-16(11-17(18)22)21(4,5)6/h7-11H,12H2,1-6H3,(H,23,24). The number of ether oxygens (including phenoxy) is 1. The van der Waals surface area contributed by atoms with Crippen molar-refractivity contribution < 1.29 is 9.53 Å². The summed E-state index contributed by atoms with van der Waals surface area (Å²) in [5, 5.41) is 2.90. The second-order valence-electron chi connectivity index (χ2n) is 7.49. The van der Waals surface area contributed by atoms with Crippen molar-refractivity contribution in [2.75, 3.05) is 11.9 Å². The Morgan fingerprint density at radius 2 is 1.80 bits per heavy atom. The minimum absolute atomic E-state index is 0.0167. The molecule has 25 heavy (non-hydrogen) atoms. The first-order valence-corrected chi connectivity index (χ1v) is 9.18. The predicted octanol–water partition coefficient (Wildman–Crippen LogP) is 5.69. The second kappa shape index (κ2) is 7.61. The molecule has 0 aliphatic rings. The summed E-state index contributed by atoms with van der Waals surface area (Å²) in [6, 6.07) is 10.1. The molecule has 0 heterocycles. The van der Waals surface area contributed by atoms with E-state index in [1.807, 2.05) is 45.0 Å². The van der Waals surface area contributed by atoms with Crippen LogP contribution >= 0.6 is 15.9 Å². The van der Waals surface area contributed by atoms with Gasteiger partial charge in [0.05, 0.1) is 5.69 Å². The van der Waals surface area contributed by atoms with E-state index >= 15 is 0 Å². The monoisotopic (exact) mass is 403 g/mol. The molecule has 2 aromatic carbocycles. The van der Waals surface area contributed by atoms with E-state index in [0.717, 1.165) is 32.6 Å². The third kappa shape index (κ3) is 5.08. The SMILES string of the molecule is Cc1cc(C)c(C)c(OCC(=O)Nc2ccc(C(C)(C)C)cc2Br)c1. The first kappa shape index (κ1) is 19.5. The van der Waals surface area contributed by atoms with Gasteiger partial charge in [-0.3, -0.25) is 4.79 Å². The Labute approximate surface area is 158 Å². The van der Waals surface area contributed by atoms with Crippen LogP contribution in [-0.2, 0) is 10.2 Å². The molecule has 0 radical (unpaired) electrons. The average molecular weight is 404 g/mol. The largest absolute Gasteiger partial charge is 0.483 e. The smallest absolute Gasteiger partial charge is 0.262 e. The van der Waals surface area contributed by atoms with E-state index in [2.05, 4.69) is 48.1 Å². The lowest BCUT2D eigenvalue weighted by Crippen LogP contribution is -2.21.